The number of hydrogen-bond donors (Lipinski definition) is 2. The fourth-order valence-corrected chi connectivity index (χ4v) is 2.38. The molecule has 0 aromatic heterocycles. The zero-order valence-electron chi connectivity index (χ0n) is 13.3. The van der Waals surface area contributed by atoms with E-state index < -0.39 is 0 Å². The summed E-state index contributed by atoms with van der Waals surface area (Å²) in [7, 11) is 0. The molecule has 0 saturated heterocycles. The number of ether oxygens (including phenoxy) is 1. The van der Waals surface area contributed by atoms with E-state index in [4.69, 9.17) is 17.0 Å². The van der Waals surface area contributed by atoms with Crippen LogP contribution in [0.15, 0.2) is 53.0 Å². The molecule has 0 atom stereocenters. The summed E-state index contributed by atoms with van der Waals surface area (Å²) >= 11 is 8.51. The summed E-state index contributed by atoms with van der Waals surface area (Å²) in [6.45, 7) is 2.84. The van der Waals surface area contributed by atoms with Gasteiger partial charge in [0.15, 0.2) is 5.11 Å². The normalized spacial score (nSPS) is 10.1. The first-order valence-electron chi connectivity index (χ1n) is 7.69. The minimum absolute atomic E-state index is 0.250. The highest BCUT2D eigenvalue weighted by atomic mass is 79.9. The van der Waals surface area contributed by atoms with Crippen molar-refractivity contribution in [1.82, 2.24) is 5.32 Å². The standard InChI is InChI=1S/C18H19BrN2O2S/c1-2-3-12-23-16-10-8-15(9-11-16)20-18(24)21-17(22)13-4-6-14(19)7-5-13/h4-11H,2-3,12H2,1H3,(H2,20,21,22,24). The summed E-state index contributed by atoms with van der Waals surface area (Å²) in [5.41, 5.74) is 1.33. The van der Waals surface area contributed by atoms with Crippen molar-refractivity contribution in [3.05, 3.63) is 58.6 Å². The third-order valence-corrected chi connectivity index (χ3v) is 3.95. The van der Waals surface area contributed by atoms with Gasteiger partial charge in [0, 0.05) is 15.7 Å². The van der Waals surface area contributed by atoms with Gasteiger partial charge in [-0.15, -0.1) is 0 Å². The predicted molar refractivity (Wildman–Crippen MR) is 105 cm³/mol. The molecular weight excluding hydrogens is 388 g/mol. The van der Waals surface area contributed by atoms with E-state index in [1.165, 1.54) is 0 Å². The molecule has 0 aliphatic rings. The smallest absolute Gasteiger partial charge is 0.257 e. The van der Waals surface area contributed by atoms with Crippen LogP contribution in [-0.4, -0.2) is 17.6 Å². The number of thiocarbonyl (C=S) groups is 1. The second-order valence-electron chi connectivity index (χ2n) is 5.14. The minimum Gasteiger partial charge on any atom is -0.494 e. The van der Waals surface area contributed by atoms with E-state index in [-0.39, 0.29) is 11.0 Å². The largest absolute Gasteiger partial charge is 0.494 e. The molecule has 0 unspecified atom stereocenters. The van der Waals surface area contributed by atoms with E-state index in [0.29, 0.717) is 12.2 Å². The third kappa shape index (κ3) is 5.94. The Balaban J connectivity index is 1.85. The highest BCUT2D eigenvalue weighted by Gasteiger charge is 2.07. The van der Waals surface area contributed by atoms with E-state index in [2.05, 4.69) is 33.5 Å². The summed E-state index contributed by atoms with van der Waals surface area (Å²) in [5, 5.41) is 5.89. The van der Waals surface area contributed by atoms with Crippen LogP contribution in [0, 0.1) is 0 Å². The maximum atomic E-state index is 12.1. The Kier molecular flexibility index (Phi) is 7.21. The van der Waals surface area contributed by atoms with Crippen LogP contribution in [0.3, 0.4) is 0 Å². The zero-order chi connectivity index (χ0) is 17.4. The Morgan fingerprint density at radius 1 is 1.12 bits per heavy atom. The van der Waals surface area contributed by atoms with Crippen molar-refractivity contribution >= 4 is 44.9 Å². The van der Waals surface area contributed by atoms with Gasteiger partial charge >= 0.3 is 0 Å². The summed E-state index contributed by atoms with van der Waals surface area (Å²) in [6.07, 6.45) is 2.14. The minimum atomic E-state index is -0.250. The molecule has 0 aliphatic carbocycles. The first-order valence-corrected chi connectivity index (χ1v) is 8.89. The number of rotatable bonds is 6. The number of unbranched alkanes of at least 4 members (excludes halogenated alkanes) is 1. The predicted octanol–water partition coefficient (Wildman–Crippen LogP) is 4.75. The van der Waals surface area contributed by atoms with Gasteiger partial charge in [0.25, 0.3) is 5.91 Å². The lowest BCUT2D eigenvalue weighted by Gasteiger charge is -2.11. The van der Waals surface area contributed by atoms with Gasteiger partial charge in [-0.3, -0.25) is 10.1 Å². The van der Waals surface area contributed by atoms with Gasteiger partial charge in [0.2, 0.25) is 0 Å². The first-order chi connectivity index (χ1) is 11.6. The second-order valence-corrected chi connectivity index (χ2v) is 6.47. The number of nitrogens with one attached hydrogen (secondary N) is 2. The van der Waals surface area contributed by atoms with Crippen LogP contribution in [0.5, 0.6) is 5.75 Å². The van der Waals surface area contributed by atoms with Gasteiger partial charge in [0.1, 0.15) is 5.75 Å². The summed E-state index contributed by atoms with van der Waals surface area (Å²) < 4.78 is 6.52. The Morgan fingerprint density at radius 2 is 1.79 bits per heavy atom. The fourth-order valence-electron chi connectivity index (χ4n) is 1.91. The third-order valence-electron chi connectivity index (χ3n) is 3.21. The quantitative estimate of drug-likeness (QED) is 0.536. The average molecular weight is 407 g/mol. The van der Waals surface area contributed by atoms with Gasteiger partial charge in [0.05, 0.1) is 6.61 Å². The monoisotopic (exact) mass is 406 g/mol. The van der Waals surface area contributed by atoms with Gasteiger partial charge < -0.3 is 10.1 Å². The van der Waals surface area contributed by atoms with Crippen molar-refractivity contribution in [3.8, 4) is 5.75 Å². The van der Waals surface area contributed by atoms with E-state index >= 15 is 0 Å². The van der Waals surface area contributed by atoms with E-state index in [1.54, 1.807) is 12.1 Å². The van der Waals surface area contributed by atoms with Crippen molar-refractivity contribution in [3.63, 3.8) is 0 Å². The molecule has 0 aliphatic heterocycles. The van der Waals surface area contributed by atoms with Gasteiger partial charge in [-0.2, -0.15) is 0 Å². The van der Waals surface area contributed by atoms with Crippen LogP contribution in [-0.2, 0) is 0 Å². The van der Waals surface area contributed by atoms with Gasteiger partial charge in [-0.25, -0.2) is 0 Å². The van der Waals surface area contributed by atoms with E-state index in [0.717, 1.165) is 28.8 Å². The number of anilines is 1. The summed E-state index contributed by atoms with van der Waals surface area (Å²) in [6, 6.07) is 14.5. The van der Waals surface area contributed by atoms with Crippen LogP contribution in [0.25, 0.3) is 0 Å². The number of benzene rings is 2. The summed E-state index contributed by atoms with van der Waals surface area (Å²) in [4.78, 5) is 12.1. The molecule has 0 heterocycles. The molecule has 2 aromatic carbocycles. The van der Waals surface area contributed by atoms with Crippen LogP contribution in [0.4, 0.5) is 5.69 Å². The molecule has 6 heteroatoms. The lowest BCUT2D eigenvalue weighted by atomic mass is 10.2. The van der Waals surface area contributed by atoms with Crippen molar-refractivity contribution < 1.29 is 9.53 Å². The highest BCUT2D eigenvalue weighted by Crippen LogP contribution is 2.16. The zero-order valence-corrected chi connectivity index (χ0v) is 15.7. The molecule has 126 valence electrons. The first kappa shape index (κ1) is 18.4. The Bertz CT molecular complexity index is 687. The molecule has 0 radical (unpaired) electrons. The van der Waals surface area contributed by atoms with Crippen molar-refractivity contribution in [2.24, 2.45) is 0 Å². The van der Waals surface area contributed by atoms with Crippen molar-refractivity contribution in [2.45, 2.75) is 19.8 Å². The molecule has 4 nitrogen and oxygen atoms in total. The summed E-state index contributed by atoms with van der Waals surface area (Å²) in [5.74, 6) is 0.568. The molecule has 24 heavy (non-hydrogen) atoms. The average Bonchev–Trinajstić information content (AvgIpc) is 2.57. The molecule has 0 fully saturated rings. The second kappa shape index (κ2) is 9.39. The molecule has 1 amide bonds. The maximum absolute atomic E-state index is 12.1. The number of halogens is 1. The number of carbonyl (C=O) groups is 1. The number of amides is 1. The molecule has 2 N–H and O–H groups in total. The molecular formula is C18H19BrN2O2S. The topological polar surface area (TPSA) is 50.4 Å². The van der Waals surface area contributed by atoms with Gasteiger partial charge in [-0.1, -0.05) is 29.3 Å². The number of carbonyl (C=O) groups excluding carboxylic acids is 1. The molecule has 0 saturated carbocycles. The van der Waals surface area contributed by atoms with E-state index in [9.17, 15) is 4.79 Å². The molecule has 2 aromatic rings. The molecule has 0 bridgehead atoms. The van der Waals surface area contributed by atoms with Crippen LogP contribution >= 0.6 is 28.1 Å². The lowest BCUT2D eigenvalue weighted by molar-refractivity contribution is 0.0977. The van der Waals surface area contributed by atoms with Crippen LogP contribution < -0.4 is 15.4 Å². The van der Waals surface area contributed by atoms with Gasteiger partial charge in [-0.05, 0) is 67.2 Å². The molecule has 0 spiro atoms. The highest BCUT2D eigenvalue weighted by molar-refractivity contribution is 9.10. The Morgan fingerprint density at radius 3 is 2.42 bits per heavy atom. The SMILES string of the molecule is CCCCOc1ccc(NC(=S)NC(=O)c2ccc(Br)cc2)cc1. The number of hydrogen-bond acceptors (Lipinski definition) is 3. The lowest BCUT2D eigenvalue weighted by Crippen LogP contribution is -2.34. The molecule has 2 rings (SSSR count). The van der Waals surface area contributed by atoms with Crippen molar-refractivity contribution in [2.75, 3.05) is 11.9 Å². The fraction of sp³-hybridized carbons (Fsp3) is 0.222. The maximum Gasteiger partial charge on any atom is 0.257 e. The van der Waals surface area contributed by atoms with Crippen molar-refractivity contribution in [1.29, 1.82) is 0 Å². The van der Waals surface area contributed by atoms with Crippen LogP contribution in [0.2, 0.25) is 0 Å². The van der Waals surface area contributed by atoms with E-state index in [1.807, 2.05) is 36.4 Å². The Hall–Kier alpha value is -1.92. The van der Waals surface area contributed by atoms with Crippen LogP contribution in [0.1, 0.15) is 30.1 Å². The Labute approximate surface area is 155 Å².